The van der Waals surface area contributed by atoms with E-state index in [-0.39, 0.29) is 23.7 Å². The number of aliphatic hydroxyl groups excluding tert-OH is 1. The van der Waals surface area contributed by atoms with E-state index in [2.05, 4.69) is 5.32 Å². The topological polar surface area (TPSA) is 58.6 Å². The first-order chi connectivity index (χ1) is 11.1. The van der Waals surface area contributed by atoms with Crippen molar-refractivity contribution in [1.82, 2.24) is 5.32 Å². The number of rotatable bonds is 4. The van der Waals surface area contributed by atoms with Gasteiger partial charge in [0.05, 0.1) is 11.5 Å². The third-order valence-corrected chi connectivity index (χ3v) is 5.32. The number of ether oxygens (including phenoxy) is 1. The number of halogens is 1. The van der Waals surface area contributed by atoms with Gasteiger partial charge in [0.15, 0.2) is 0 Å². The van der Waals surface area contributed by atoms with E-state index in [1.807, 2.05) is 0 Å². The molecule has 2 fully saturated rings. The van der Waals surface area contributed by atoms with Crippen LogP contribution in [-0.4, -0.2) is 36.9 Å². The van der Waals surface area contributed by atoms with E-state index in [1.54, 1.807) is 12.1 Å². The van der Waals surface area contributed by atoms with E-state index in [1.165, 1.54) is 12.1 Å². The molecule has 23 heavy (non-hydrogen) atoms. The molecule has 1 heterocycles. The summed E-state index contributed by atoms with van der Waals surface area (Å²) in [5, 5.41) is 12.9. The molecule has 0 bridgehead atoms. The van der Waals surface area contributed by atoms with Crippen LogP contribution < -0.4 is 5.32 Å². The van der Waals surface area contributed by atoms with Crippen molar-refractivity contribution in [2.45, 2.75) is 43.6 Å². The fourth-order valence-corrected chi connectivity index (χ4v) is 3.78. The van der Waals surface area contributed by atoms with Crippen molar-refractivity contribution in [2.24, 2.45) is 5.92 Å². The van der Waals surface area contributed by atoms with Gasteiger partial charge in [-0.2, -0.15) is 0 Å². The Morgan fingerprint density at radius 2 is 1.96 bits per heavy atom. The molecule has 0 spiro atoms. The third-order valence-electron chi connectivity index (χ3n) is 5.32. The van der Waals surface area contributed by atoms with Crippen molar-refractivity contribution in [3.8, 4) is 0 Å². The second-order valence-corrected chi connectivity index (χ2v) is 6.67. The molecule has 1 aliphatic heterocycles. The molecule has 0 radical (unpaired) electrons. The van der Waals surface area contributed by atoms with E-state index in [4.69, 9.17) is 4.74 Å². The normalized spacial score (nSPS) is 26.9. The minimum atomic E-state index is -0.657. The standard InChI is InChI=1S/C18H24FNO3/c19-15-6-4-14(5-7-15)18(8-10-23-11-9-18)17(22)20-12-13-2-1-3-16(13)21/h4-7,13,16,21H,1-3,8-12H2,(H,20,22). The number of benzene rings is 1. The molecule has 2 aliphatic rings. The van der Waals surface area contributed by atoms with Gasteiger partial charge in [-0.15, -0.1) is 0 Å². The summed E-state index contributed by atoms with van der Waals surface area (Å²) in [6.45, 7) is 1.55. The third kappa shape index (κ3) is 3.40. The molecule has 126 valence electrons. The van der Waals surface area contributed by atoms with Crippen LogP contribution in [0.3, 0.4) is 0 Å². The maximum Gasteiger partial charge on any atom is 0.230 e. The molecular formula is C18H24FNO3. The van der Waals surface area contributed by atoms with Gasteiger partial charge in [-0.3, -0.25) is 4.79 Å². The van der Waals surface area contributed by atoms with Crippen LogP contribution in [0.4, 0.5) is 4.39 Å². The zero-order valence-electron chi connectivity index (χ0n) is 13.3. The molecule has 2 N–H and O–H groups in total. The summed E-state index contributed by atoms with van der Waals surface area (Å²) in [4.78, 5) is 12.9. The Morgan fingerprint density at radius 3 is 2.57 bits per heavy atom. The van der Waals surface area contributed by atoms with Gasteiger partial charge in [0, 0.05) is 25.7 Å². The molecule has 2 atom stereocenters. The Morgan fingerprint density at radius 1 is 1.26 bits per heavy atom. The Kier molecular flexibility index (Phi) is 4.97. The molecule has 3 rings (SSSR count). The van der Waals surface area contributed by atoms with Crippen molar-refractivity contribution < 1.29 is 19.0 Å². The van der Waals surface area contributed by atoms with Gasteiger partial charge in [0.2, 0.25) is 5.91 Å². The number of hydrogen-bond donors (Lipinski definition) is 2. The van der Waals surface area contributed by atoms with Crippen molar-refractivity contribution in [3.05, 3.63) is 35.6 Å². The molecular weight excluding hydrogens is 297 g/mol. The molecule has 1 amide bonds. The fourth-order valence-electron chi connectivity index (χ4n) is 3.78. The quantitative estimate of drug-likeness (QED) is 0.893. The van der Waals surface area contributed by atoms with E-state index >= 15 is 0 Å². The first-order valence-electron chi connectivity index (χ1n) is 8.42. The lowest BCUT2D eigenvalue weighted by Gasteiger charge is -2.36. The number of hydrogen-bond acceptors (Lipinski definition) is 3. The molecule has 1 aliphatic carbocycles. The zero-order valence-corrected chi connectivity index (χ0v) is 13.3. The van der Waals surface area contributed by atoms with Gasteiger partial charge < -0.3 is 15.2 Å². The van der Waals surface area contributed by atoms with Crippen LogP contribution in [0.25, 0.3) is 0 Å². The highest BCUT2D eigenvalue weighted by molar-refractivity contribution is 5.88. The van der Waals surface area contributed by atoms with Crippen molar-refractivity contribution in [3.63, 3.8) is 0 Å². The Labute approximate surface area is 136 Å². The molecule has 0 aromatic heterocycles. The minimum absolute atomic E-state index is 0.0356. The minimum Gasteiger partial charge on any atom is -0.393 e. The van der Waals surface area contributed by atoms with Crippen LogP contribution in [0.1, 0.15) is 37.7 Å². The average molecular weight is 321 g/mol. The predicted octanol–water partition coefficient (Wildman–Crippen LogP) is 2.15. The van der Waals surface area contributed by atoms with E-state index in [0.717, 1.165) is 24.8 Å². The Bertz CT molecular complexity index is 540. The van der Waals surface area contributed by atoms with Gasteiger partial charge in [0.25, 0.3) is 0 Å². The van der Waals surface area contributed by atoms with Gasteiger partial charge in [-0.25, -0.2) is 4.39 Å². The monoisotopic (exact) mass is 321 g/mol. The van der Waals surface area contributed by atoms with E-state index in [9.17, 15) is 14.3 Å². The summed E-state index contributed by atoms with van der Waals surface area (Å²) in [5.74, 6) is -0.194. The maximum atomic E-state index is 13.2. The van der Waals surface area contributed by atoms with Gasteiger partial charge in [-0.1, -0.05) is 18.6 Å². The fraction of sp³-hybridized carbons (Fsp3) is 0.611. The first-order valence-corrected chi connectivity index (χ1v) is 8.42. The second kappa shape index (κ2) is 6.97. The van der Waals surface area contributed by atoms with Crippen LogP contribution in [0.2, 0.25) is 0 Å². The molecule has 2 unspecified atom stereocenters. The molecule has 1 saturated carbocycles. The summed E-state index contributed by atoms with van der Waals surface area (Å²) in [6.07, 6.45) is 3.66. The molecule has 1 saturated heterocycles. The molecule has 1 aromatic carbocycles. The average Bonchev–Trinajstić information content (AvgIpc) is 2.99. The lowest BCUT2D eigenvalue weighted by atomic mass is 9.73. The Balaban J connectivity index is 1.75. The summed E-state index contributed by atoms with van der Waals surface area (Å²) in [6, 6.07) is 6.20. The maximum absolute atomic E-state index is 13.2. The Hall–Kier alpha value is -1.46. The van der Waals surface area contributed by atoms with Gasteiger partial charge in [-0.05, 0) is 43.4 Å². The summed E-state index contributed by atoms with van der Waals surface area (Å²) < 4.78 is 18.6. The van der Waals surface area contributed by atoms with Crippen LogP contribution in [0, 0.1) is 11.7 Å². The summed E-state index contributed by atoms with van der Waals surface area (Å²) in [7, 11) is 0. The van der Waals surface area contributed by atoms with Gasteiger partial charge >= 0.3 is 0 Å². The molecule has 4 nitrogen and oxygen atoms in total. The molecule has 5 heteroatoms. The van der Waals surface area contributed by atoms with Crippen LogP contribution in [-0.2, 0) is 14.9 Å². The van der Waals surface area contributed by atoms with E-state index in [0.29, 0.717) is 32.6 Å². The second-order valence-electron chi connectivity index (χ2n) is 6.67. The highest BCUT2D eigenvalue weighted by Gasteiger charge is 2.42. The summed E-state index contributed by atoms with van der Waals surface area (Å²) >= 11 is 0. The zero-order chi connectivity index (χ0) is 16.3. The number of aliphatic hydroxyl groups is 1. The van der Waals surface area contributed by atoms with Crippen LogP contribution in [0.5, 0.6) is 0 Å². The van der Waals surface area contributed by atoms with Crippen molar-refractivity contribution >= 4 is 5.91 Å². The lowest BCUT2D eigenvalue weighted by molar-refractivity contribution is -0.130. The largest absolute Gasteiger partial charge is 0.393 e. The SMILES string of the molecule is O=C(NCC1CCCC1O)C1(c2ccc(F)cc2)CCOCC1. The van der Waals surface area contributed by atoms with Crippen LogP contribution in [0.15, 0.2) is 24.3 Å². The lowest BCUT2D eigenvalue weighted by Crippen LogP contribution is -2.49. The predicted molar refractivity (Wildman–Crippen MR) is 84.5 cm³/mol. The highest BCUT2D eigenvalue weighted by atomic mass is 19.1. The van der Waals surface area contributed by atoms with Crippen LogP contribution >= 0.6 is 0 Å². The number of amides is 1. The summed E-state index contributed by atoms with van der Waals surface area (Å²) in [5.41, 5.74) is 0.182. The number of carbonyl (C=O) groups is 1. The van der Waals surface area contributed by atoms with Gasteiger partial charge in [0.1, 0.15) is 5.82 Å². The smallest absolute Gasteiger partial charge is 0.230 e. The molecule has 1 aromatic rings. The van der Waals surface area contributed by atoms with Crippen molar-refractivity contribution in [1.29, 1.82) is 0 Å². The highest BCUT2D eigenvalue weighted by Crippen LogP contribution is 2.35. The van der Waals surface area contributed by atoms with Crippen molar-refractivity contribution in [2.75, 3.05) is 19.8 Å². The van der Waals surface area contributed by atoms with E-state index < -0.39 is 5.41 Å². The number of nitrogens with one attached hydrogen (secondary N) is 1. The number of carbonyl (C=O) groups excluding carboxylic acids is 1. The first kappa shape index (κ1) is 16.4.